The number of carbonyl (C=O) groups excluding carboxylic acids is 2. The molecule has 1 aliphatic rings. The van der Waals surface area contributed by atoms with Crippen molar-refractivity contribution in [2.75, 3.05) is 13.7 Å². The molecule has 130 valence electrons. The van der Waals surface area contributed by atoms with Crippen molar-refractivity contribution in [1.29, 1.82) is 5.26 Å². The van der Waals surface area contributed by atoms with E-state index in [9.17, 15) is 9.59 Å². The predicted octanol–water partition coefficient (Wildman–Crippen LogP) is 2.48. The molecular weight excluding hydrogens is 342 g/mol. The molecule has 0 atom stereocenters. The van der Waals surface area contributed by atoms with Gasteiger partial charge in [0.05, 0.1) is 24.7 Å². The van der Waals surface area contributed by atoms with Gasteiger partial charge >= 0.3 is 0 Å². The lowest BCUT2D eigenvalue weighted by molar-refractivity contribution is -0.117. The number of nitriles is 1. The van der Waals surface area contributed by atoms with Gasteiger partial charge in [0.1, 0.15) is 0 Å². The summed E-state index contributed by atoms with van der Waals surface area (Å²) >= 11 is 1.11. The van der Waals surface area contributed by atoms with Crippen molar-refractivity contribution in [3.8, 4) is 17.6 Å². The SMILES string of the molecule is COc1cc(C=C2SC(NC(C)=O)=NC2=O)ccc1OCCCC#N. The monoisotopic (exact) mass is 359 g/mol. The summed E-state index contributed by atoms with van der Waals surface area (Å²) in [6.45, 7) is 1.78. The van der Waals surface area contributed by atoms with Crippen LogP contribution in [0, 0.1) is 11.3 Å². The standard InChI is InChI=1S/C17H17N3O4S/c1-11(21)19-17-20-16(22)15(25-17)10-12-5-6-13(14(9-12)23-2)24-8-4-3-7-18/h5-6,9-10H,3-4,8H2,1-2H3,(H,19,20,21,22). The Hall–Kier alpha value is -2.79. The molecule has 0 bridgehead atoms. The molecule has 1 heterocycles. The van der Waals surface area contributed by atoms with E-state index in [0.29, 0.717) is 35.9 Å². The van der Waals surface area contributed by atoms with Gasteiger partial charge in [-0.1, -0.05) is 6.07 Å². The largest absolute Gasteiger partial charge is 0.493 e. The van der Waals surface area contributed by atoms with E-state index in [1.165, 1.54) is 14.0 Å². The Morgan fingerprint density at radius 2 is 2.24 bits per heavy atom. The maximum atomic E-state index is 11.9. The maximum Gasteiger partial charge on any atom is 0.286 e. The number of ether oxygens (including phenoxy) is 2. The van der Waals surface area contributed by atoms with Gasteiger partial charge in [0.15, 0.2) is 16.7 Å². The van der Waals surface area contributed by atoms with Gasteiger partial charge in [-0.2, -0.15) is 10.3 Å². The van der Waals surface area contributed by atoms with Crippen LogP contribution in [0.25, 0.3) is 6.08 Å². The number of benzene rings is 1. The highest BCUT2D eigenvalue weighted by Gasteiger charge is 2.22. The highest BCUT2D eigenvalue weighted by Crippen LogP contribution is 2.32. The molecule has 8 heteroatoms. The third kappa shape index (κ3) is 5.36. The van der Waals surface area contributed by atoms with Crippen molar-refractivity contribution in [2.24, 2.45) is 4.99 Å². The van der Waals surface area contributed by atoms with Gasteiger partial charge in [-0.3, -0.25) is 9.59 Å². The smallest absolute Gasteiger partial charge is 0.286 e. The number of nitrogens with one attached hydrogen (secondary N) is 1. The first-order valence-corrected chi connectivity index (χ1v) is 8.33. The number of methoxy groups -OCH3 is 1. The van der Waals surface area contributed by atoms with Gasteiger partial charge in [0, 0.05) is 13.3 Å². The normalized spacial score (nSPS) is 14.8. The molecule has 1 aromatic rings. The van der Waals surface area contributed by atoms with Crippen LogP contribution in [0.5, 0.6) is 11.5 Å². The van der Waals surface area contributed by atoms with Crippen LogP contribution in [0.15, 0.2) is 28.1 Å². The van der Waals surface area contributed by atoms with Crippen LogP contribution < -0.4 is 14.8 Å². The molecule has 0 aliphatic carbocycles. The van der Waals surface area contributed by atoms with E-state index in [0.717, 1.165) is 17.3 Å². The van der Waals surface area contributed by atoms with Crippen LogP contribution in [0.4, 0.5) is 0 Å². The minimum atomic E-state index is -0.399. The van der Waals surface area contributed by atoms with Gasteiger partial charge in [-0.25, -0.2) is 0 Å². The minimum absolute atomic E-state index is 0.271. The topological polar surface area (TPSA) is 101 Å². The number of amides is 2. The summed E-state index contributed by atoms with van der Waals surface area (Å²) in [6.07, 6.45) is 2.75. The molecule has 0 saturated heterocycles. The molecule has 0 saturated carbocycles. The lowest BCUT2D eigenvalue weighted by atomic mass is 10.2. The van der Waals surface area contributed by atoms with Crippen LogP contribution in [-0.2, 0) is 9.59 Å². The van der Waals surface area contributed by atoms with E-state index in [2.05, 4.69) is 16.4 Å². The average molecular weight is 359 g/mol. The van der Waals surface area contributed by atoms with Crippen LogP contribution in [0.3, 0.4) is 0 Å². The fourth-order valence-corrected chi connectivity index (χ4v) is 2.85. The third-order valence-corrected chi connectivity index (χ3v) is 3.98. The highest BCUT2D eigenvalue weighted by atomic mass is 32.2. The zero-order valence-corrected chi connectivity index (χ0v) is 14.7. The molecule has 7 nitrogen and oxygen atoms in total. The van der Waals surface area contributed by atoms with Gasteiger partial charge in [0.25, 0.3) is 5.91 Å². The Bertz CT molecular complexity index is 781. The van der Waals surface area contributed by atoms with E-state index in [-0.39, 0.29) is 11.1 Å². The molecule has 25 heavy (non-hydrogen) atoms. The number of unbranched alkanes of at least 4 members (excludes halogenated alkanes) is 1. The number of aliphatic imine (C=N–C) groups is 1. The number of amidine groups is 1. The number of nitrogens with zero attached hydrogens (tertiary/aromatic N) is 2. The summed E-state index contributed by atoms with van der Waals surface area (Å²) < 4.78 is 10.9. The van der Waals surface area contributed by atoms with Crippen molar-refractivity contribution in [3.63, 3.8) is 0 Å². The minimum Gasteiger partial charge on any atom is -0.493 e. The van der Waals surface area contributed by atoms with Crippen molar-refractivity contribution in [3.05, 3.63) is 28.7 Å². The van der Waals surface area contributed by atoms with E-state index in [1.807, 2.05) is 0 Å². The summed E-state index contributed by atoms with van der Waals surface area (Å²) in [5.74, 6) is 0.428. The average Bonchev–Trinajstić information content (AvgIpc) is 2.90. The molecule has 0 spiro atoms. The first kappa shape index (κ1) is 18.5. The van der Waals surface area contributed by atoms with E-state index < -0.39 is 5.91 Å². The number of rotatable bonds is 6. The first-order chi connectivity index (χ1) is 12.0. The Labute approximate surface area is 149 Å². The molecule has 0 fully saturated rings. The number of thioether (sulfide) groups is 1. The lowest BCUT2D eigenvalue weighted by Crippen LogP contribution is -2.23. The summed E-state index contributed by atoms with van der Waals surface area (Å²) in [5.41, 5.74) is 0.747. The van der Waals surface area contributed by atoms with Gasteiger partial charge in [-0.15, -0.1) is 0 Å². The fourth-order valence-electron chi connectivity index (χ4n) is 1.99. The molecule has 0 aromatic heterocycles. The molecule has 2 rings (SSSR count). The van der Waals surface area contributed by atoms with Gasteiger partial charge < -0.3 is 14.8 Å². The second kappa shape index (κ2) is 8.89. The highest BCUT2D eigenvalue weighted by molar-refractivity contribution is 8.18. The first-order valence-electron chi connectivity index (χ1n) is 7.51. The van der Waals surface area contributed by atoms with Crippen molar-refractivity contribution < 1.29 is 19.1 Å². The van der Waals surface area contributed by atoms with Gasteiger partial charge in [-0.05, 0) is 42.0 Å². The molecular formula is C17H17N3O4S. The Morgan fingerprint density at radius 1 is 1.44 bits per heavy atom. The van der Waals surface area contributed by atoms with Crippen molar-refractivity contribution >= 4 is 34.8 Å². The molecule has 1 aromatic carbocycles. The maximum absolute atomic E-state index is 11.9. The number of hydrogen-bond acceptors (Lipinski definition) is 6. The number of carbonyl (C=O) groups is 2. The zero-order chi connectivity index (χ0) is 18.2. The molecule has 2 amide bonds. The van der Waals surface area contributed by atoms with E-state index in [4.69, 9.17) is 14.7 Å². The molecule has 0 radical (unpaired) electrons. The quantitative estimate of drug-likeness (QED) is 0.618. The Kier molecular flexibility index (Phi) is 6.60. The summed E-state index contributed by atoms with van der Waals surface area (Å²) in [7, 11) is 1.53. The third-order valence-electron chi connectivity index (χ3n) is 3.08. The van der Waals surface area contributed by atoms with Crippen LogP contribution in [-0.4, -0.2) is 30.7 Å². The second-order valence-electron chi connectivity index (χ2n) is 5.03. The fraction of sp³-hybridized carbons (Fsp3) is 0.294. The molecule has 1 aliphatic heterocycles. The summed E-state index contributed by atoms with van der Waals surface area (Å²) in [5, 5.41) is 11.3. The Balaban J connectivity index is 2.09. The van der Waals surface area contributed by atoms with Gasteiger partial charge in [0.2, 0.25) is 5.91 Å². The predicted molar refractivity (Wildman–Crippen MR) is 95.2 cm³/mol. The van der Waals surface area contributed by atoms with E-state index in [1.54, 1.807) is 24.3 Å². The van der Waals surface area contributed by atoms with E-state index >= 15 is 0 Å². The lowest BCUT2D eigenvalue weighted by Gasteiger charge is -2.11. The molecule has 1 N–H and O–H groups in total. The van der Waals surface area contributed by atoms with Crippen molar-refractivity contribution in [1.82, 2.24) is 5.32 Å². The second-order valence-corrected chi connectivity index (χ2v) is 6.07. The molecule has 0 unspecified atom stereocenters. The summed E-state index contributed by atoms with van der Waals surface area (Å²) in [6, 6.07) is 7.35. The summed E-state index contributed by atoms with van der Waals surface area (Å²) in [4.78, 5) is 27.1. The Morgan fingerprint density at radius 3 is 2.92 bits per heavy atom. The zero-order valence-electron chi connectivity index (χ0n) is 13.9. The van der Waals surface area contributed by atoms with Crippen molar-refractivity contribution in [2.45, 2.75) is 19.8 Å². The van der Waals surface area contributed by atoms with Crippen LogP contribution >= 0.6 is 11.8 Å². The van der Waals surface area contributed by atoms with Crippen LogP contribution in [0.2, 0.25) is 0 Å². The number of hydrogen-bond donors (Lipinski definition) is 1. The van der Waals surface area contributed by atoms with Crippen LogP contribution in [0.1, 0.15) is 25.3 Å².